The zero-order valence-corrected chi connectivity index (χ0v) is 20.4. The van der Waals surface area contributed by atoms with Gasteiger partial charge in [0.05, 0.1) is 13.7 Å². The number of rotatable bonds is 9. The van der Waals surface area contributed by atoms with Crippen LogP contribution in [0.1, 0.15) is 17.5 Å². The normalized spacial score (nSPS) is 11.4. The smallest absolute Gasteiger partial charge is 0.420 e. The predicted molar refractivity (Wildman–Crippen MR) is 136 cm³/mol. The fourth-order valence-electron chi connectivity index (χ4n) is 4.17. The molecule has 0 N–H and O–H groups in total. The SMILES string of the molecule is C=CC(=O)OCCCc1ccc(-c2ccc3c(oc4c(OC)c(OC(=O)C=C)ccc43)c2C(F)(F)F)cc1. The summed E-state index contributed by atoms with van der Waals surface area (Å²) < 4.78 is 64.5. The molecule has 1 heterocycles. The second kappa shape index (κ2) is 10.8. The van der Waals surface area contributed by atoms with Gasteiger partial charge in [0.1, 0.15) is 11.1 Å². The van der Waals surface area contributed by atoms with E-state index < -0.39 is 23.7 Å². The molecule has 4 aromatic rings. The molecule has 0 saturated carbocycles. The van der Waals surface area contributed by atoms with Crippen LogP contribution in [0, 0.1) is 0 Å². The molecule has 196 valence electrons. The first kappa shape index (κ1) is 26.5. The molecule has 0 fully saturated rings. The first-order valence-corrected chi connectivity index (χ1v) is 11.5. The Morgan fingerprint density at radius 3 is 2.21 bits per heavy atom. The lowest BCUT2D eigenvalue weighted by Crippen LogP contribution is -2.08. The molecule has 3 aromatic carbocycles. The molecule has 0 unspecified atom stereocenters. The second-order valence-corrected chi connectivity index (χ2v) is 8.24. The minimum absolute atomic E-state index is 0.00687. The molecule has 4 rings (SSSR count). The van der Waals surface area contributed by atoms with E-state index in [1.54, 1.807) is 30.3 Å². The third-order valence-electron chi connectivity index (χ3n) is 5.88. The average molecular weight is 524 g/mol. The van der Waals surface area contributed by atoms with Crippen LogP contribution < -0.4 is 9.47 Å². The van der Waals surface area contributed by atoms with E-state index in [1.165, 1.54) is 25.3 Å². The Labute approximate surface area is 215 Å². The van der Waals surface area contributed by atoms with Gasteiger partial charge in [0.25, 0.3) is 0 Å². The first-order valence-electron chi connectivity index (χ1n) is 11.5. The monoisotopic (exact) mass is 524 g/mol. The molecule has 38 heavy (non-hydrogen) atoms. The van der Waals surface area contributed by atoms with Crippen molar-refractivity contribution in [1.82, 2.24) is 0 Å². The number of furan rings is 1. The molecule has 0 saturated heterocycles. The molecule has 0 aliphatic heterocycles. The van der Waals surface area contributed by atoms with Crippen LogP contribution in [0.25, 0.3) is 33.1 Å². The number of carbonyl (C=O) groups excluding carboxylic acids is 2. The summed E-state index contributed by atoms with van der Waals surface area (Å²) >= 11 is 0. The summed E-state index contributed by atoms with van der Waals surface area (Å²) in [5.41, 5.74) is -0.0763. The van der Waals surface area contributed by atoms with Crippen molar-refractivity contribution in [2.24, 2.45) is 0 Å². The molecule has 0 spiro atoms. The molecule has 0 atom stereocenters. The number of benzene rings is 3. The highest BCUT2D eigenvalue weighted by Gasteiger charge is 2.38. The average Bonchev–Trinajstić information content (AvgIpc) is 3.28. The Bertz CT molecular complexity index is 1530. The topological polar surface area (TPSA) is 75.0 Å². The number of hydrogen-bond acceptors (Lipinski definition) is 6. The van der Waals surface area contributed by atoms with E-state index >= 15 is 0 Å². The highest BCUT2D eigenvalue weighted by Crippen LogP contribution is 2.47. The van der Waals surface area contributed by atoms with Crippen molar-refractivity contribution in [3.05, 3.63) is 85.0 Å². The van der Waals surface area contributed by atoms with Gasteiger partial charge in [-0.05, 0) is 47.7 Å². The fraction of sp³-hybridized carbons (Fsp3) is 0.172. The third kappa shape index (κ3) is 5.27. The van der Waals surface area contributed by atoms with E-state index in [9.17, 15) is 22.8 Å². The quantitative estimate of drug-likeness (QED) is 0.101. The van der Waals surface area contributed by atoms with E-state index in [0.717, 1.165) is 17.7 Å². The molecule has 6 nitrogen and oxygen atoms in total. The molecule has 9 heteroatoms. The highest BCUT2D eigenvalue weighted by molar-refractivity contribution is 6.10. The van der Waals surface area contributed by atoms with Crippen molar-refractivity contribution >= 4 is 33.9 Å². The number of aryl methyl sites for hydroxylation is 1. The van der Waals surface area contributed by atoms with Gasteiger partial charge in [0, 0.05) is 22.9 Å². The third-order valence-corrected chi connectivity index (χ3v) is 5.88. The van der Waals surface area contributed by atoms with Crippen LogP contribution in [0.2, 0.25) is 0 Å². The van der Waals surface area contributed by atoms with Gasteiger partial charge in [-0.1, -0.05) is 43.5 Å². The van der Waals surface area contributed by atoms with E-state index in [-0.39, 0.29) is 40.2 Å². The Morgan fingerprint density at radius 2 is 1.58 bits per heavy atom. The van der Waals surface area contributed by atoms with Crippen LogP contribution >= 0.6 is 0 Å². The minimum atomic E-state index is -4.73. The molecule has 0 aliphatic carbocycles. The van der Waals surface area contributed by atoms with Gasteiger partial charge in [0.2, 0.25) is 5.75 Å². The molecule has 0 radical (unpaired) electrons. The number of carbonyl (C=O) groups is 2. The van der Waals surface area contributed by atoms with Crippen LogP contribution in [-0.4, -0.2) is 25.7 Å². The summed E-state index contributed by atoms with van der Waals surface area (Å²) in [6, 6.07) is 12.6. The molecule has 1 aromatic heterocycles. The van der Waals surface area contributed by atoms with E-state index in [4.69, 9.17) is 18.6 Å². The van der Waals surface area contributed by atoms with Crippen molar-refractivity contribution < 1.29 is 41.4 Å². The standard InChI is InChI=1S/C29H23F3O6/c1-4-23(33)36-16-6-7-17-8-10-18(11-9-17)19-12-13-20-21-14-15-22(37-24(34)5-2)28(35-3)27(21)38-26(20)25(19)29(30,31)32/h4-5,8-15H,1-2,6-7,16H2,3H3. The van der Waals surface area contributed by atoms with Gasteiger partial charge in [-0.15, -0.1) is 0 Å². The van der Waals surface area contributed by atoms with E-state index in [1.807, 2.05) is 0 Å². The first-order chi connectivity index (χ1) is 18.2. The molecule has 0 bridgehead atoms. The molecule has 0 aliphatic rings. The lowest BCUT2D eigenvalue weighted by atomic mass is 9.95. The summed E-state index contributed by atoms with van der Waals surface area (Å²) in [7, 11) is 1.30. The number of ether oxygens (including phenoxy) is 3. The summed E-state index contributed by atoms with van der Waals surface area (Å²) in [5, 5.41) is 0.612. The number of methoxy groups -OCH3 is 1. The maximum atomic E-state index is 14.4. The van der Waals surface area contributed by atoms with Gasteiger partial charge in [0.15, 0.2) is 11.3 Å². The van der Waals surface area contributed by atoms with Gasteiger partial charge in [-0.25, -0.2) is 9.59 Å². The minimum Gasteiger partial charge on any atom is -0.490 e. The summed E-state index contributed by atoms with van der Waals surface area (Å²) in [6.45, 7) is 6.88. The number of alkyl halides is 3. The Hall–Kier alpha value is -4.53. The second-order valence-electron chi connectivity index (χ2n) is 8.24. The van der Waals surface area contributed by atoms with Gasteiger partial charge >= 0.3 is 18.1 Å². The number of fused-ring (bicyclic) bond motifs is 3. The van der Waals surface area contributed by atoms with E-state index in [2.05, 4.69) is 13.2 Å². The summed E-state index contributed by atoms with van der Waals surface area (Å²) in [5.74, 6) is -1.27. The summed E-state index contributed by atoms with van der Waals surface area (Å²) in [6.07, 6.45) is -1.55. The van der Waals surface area contributed by atoms with Gasteiger partial charge < -0.3 is 18.6 Å². The van der Waals surface area contributed by atoms with Crippen molar-refractivity contribution in [3.8, 4) is 22.6 Å². The lowest BCUT2D eigenvalue weighted by molar-refractivity contribution is -0.138. The number of halogens is 3. The molecular formula is C29H23F3O6. The Morgan fingerprint density at radius 1 is 0.921 bits per heavy atom. The number of esters is 2. The van der Waals surface area contributed by atoms with Gasteiger partial charge in [-0.3, -0.25) is 0 Å². The van der Waals surface area contributed by atoms with Crippen molar-refractivity contribution in [1.29, 1.82) is 0 Å². The summed E-state index contributed by atoms with van der Waals surface area (Å²) in [4.78, 5) is 22.8. The maximum absolute atomic E-state index is 14.4. The Kier molecular flexibility index (Phi) is 7.57. The maximum Gasteiger partial charge on any atom is 0.420 e. The van der Waals surface area contributed by atoms with Crippen molar-refractivity contribution in [3.63, 3.8) is 0 Å². The highest BCUT2D eigenvalue weighted by atomic mass is 19.4. The van der Waals surface area contributed by atoms with Crippen LogP contribution in [0.4, 0.5) is 13.2 Å². The van der Waals surface area contributed by atoms with E-state index in [0.29, 0.717) is 23.8 Å². The van der Waals surface area contributed by atoms with Crippen LogP contribution in [0.15, 0.2) is 78.3 Å². The van der Waals surface area contributed by atoms with Crippen molar-refractivity contribution in [2.75, 3.05) is 13.7 Å². The Balaban J connectivity index is 1.75. The van der Waals surface area contributed by atoms with Crippen LogP contribution in [0.3, 0.4) is 0 Å². The molecular weight excluding hydrogens is 501 g/mol. The predicted octanol–water partition coefficient (Wildman–Crippen LogP) is 7.03. The number of hydrogen-bond donors (Lipinski definition) is 0. The zero-order chi connectivity index (χ0) is 27.4. The molecule has 0 amide bonds. The fourth-order valence-corrected chi connectivity index (χ4v) is 4.17. The van der Waals surface area contributed by atoms with Gasteiger partial charge in [-0.2, -0.15) is 13.2 Å². The lowest BCUT2D eigenvalue weighted by Gasteiger charge is -2.14. The van der Waals surface area contributed by atoms with Crippen molar-refractivity contribution in [2.45, 2.75) is 19.0 Å². The largest absolute Gasteiger partial charge is 0.490 e. The van der Waals surface area contributed by atoms with Crippen LogP contribution in [0.5, 0.6) is 11.5 Å². The van der Waals surface area contributed by atoms with Crippen LogP contribution in [-0.2, 0) is 26.9 Å². The zero-order valence-electron chi connectivity index (χ0n) is 20.4.